The first kappa shape index (κ1) is 47.9. The van der Waals surface area contributed by atoms with Crippen LogP contribution in [-0.4, -0.2) is 145 Å². The number of imidazole rings is 2. The number of aliphatic hydroxyl groups excluding tert-OH is 2. The number of rotatable bonds is 19. The lowest BCUT2D eigenvalue weighted by Gasteiger charge is -2.22. The van der Waals surface area contributed by atoms with Crippen molar-refractivity contribution in [3.8, 4) is 11.9 Å². The number of nitrogens with one attached hydrogen (secondary N) is 3. The van der Waals surface area contributed by atoms with Crippen molar-refractivity contribution in [2.75, 3.05) is 57.9 Å². The molecule has 6 rings (SSSR count). The van der Waals surface area contributed by atoms with E-state index in [0.29, 0.717) is 37.2 Å². The minimum atomic E-state index is -0.860. The van der Waals surface area contributed by atoms with Gasteiger partial charge in [-0.25, -0.2) is 9.97 Å². The molecule has 23 nitrogen and oxygen atoms in total. The number of ether oxygens (including phenoxy) is 7. The summed E-state index contributed by atoms with van der Waals surface area (Å²) in [6.07, 6.45) is -1.18. The van der Waals surface area contributed by atoms with Crippen LogP contribution in [0.1, 0.15) is 73.3 Å². The molecule has 2 saturated heterocycles. The highest BCUT2D eigenvalue weighted by Gasteiger charge is 2.46. The quantitative estimate of drug-likeness (QED) is 0.0840. The number of nitriles is 1. The average molecular weight is 872 g/mol. The van der Waals surface area contributed by atoms with Crippen LogP contribution in [0.2, 0.25) is 0 Å². The van der Waals surface area contributed by atoms with Gasteiger partial charge in [-0.3, -0.25) is 39.1 Å². The Labute approximate surface area is 357 Å². The Hall–Kier alpha value is -5.19. The number of carbonyl (C=O) groups is 2. The fourth-order valence-corrected chi connectivity index (χ4v) is 6.57. The Kier molecular flexibility index (Phi) is 17.2. The topological polar surface area (TPSA) is 294 Å². The molecule has 5 N–H and O–H groups in total. The number of anilines is 2. The third kappa shape index (κ3) is 11.1. The van der Waals surface area contributed by atoms with E-state index in [0.717, 1.165) is 0 Å². The van der Waals surface area contributed by atoms with Gasteiger partial charge in [-0.15, -0.1) is 0 Å². The molecule has 2 unspecified atom stereocenters. The van der Waals surface area contributed by atoms with Gasteiger partial charge in [0.15, 0.2) is 34.8 Å². The van der Waals surface area contributed by atoms with Crippen molar-refractivity contribution >= 4 is 46.0 Å². The zero-order valence-corrected chi connectivity index (χ0v) is 36.1. The number of nitrogens with zero attached hydrogens (tertiary/aromatic N) is 8. The fourth-order valence-electron chi connectivity index (χ4n) is 6.57. The summed E-state index contributed by atoms with van der Waals surface area (Å²) in [5, 5.41) is 35.4. The van der Waals surface area contributed by atoms with E-state index in [1.807, 2.05) is 19.9 Å². The molecule has 2 aliphatic rings. The maximum absolute atomic E-state index is 12.4. The van der Waals surface area contributed by atoms with E-state index in [1.165, 1.54) is 12.7 Å². The molecular formula is C39H57N11O12. The van der Waals surface area contributed by atoms with E-state index in [2.05, 4.69) is 40.5 Å². The summed E-state index contributed by atoms with van der Waals surface area (Å²) in [5.74, 6) is -0.911. The van der Waals surface area contributed by atoms with Crippen LogP contribution in [0, 0.1) is 23.2 Å². The Bertz CT molecular complexity index is 2210. The molecule has 4 aromatic rings. The van der Waals surface area contributed by atoms with E-state index in [-0.39, 0.29) is 78.8 Å². The van der Waals surface area contributed by atoms with Crippen LogP contribution < -0.4 is 20.9 Å². The van der Waals surface area contributed by atoms with Gasteiger partial charge in [-0.1, -0.05) is 41.5 Å². The van der Waals surface area contributed by atoms with Crippen LogP contribution in [0.15, 0.2) is 17.4 Å². The predicted molar refractivity (Wildman–Crippen MR) is 220 cm³/mol. The van der Waals surface area contributed by atoms with Crippen molar-refractivity contribution in [3.05, 3.63) is 23.0 Å². The second-order valence-corrected chi connectivity index (χ2v) is 15.0. The molecule has 0 radical (unpaired) electrons. The van der Waals surface area contributed by atoms with Crippen LogP contribution in [0.5, 0.6) is 5.88 Å². The number of aliphatic hydroxyl groups is 2. The molecule has 23 heteroatoms. The summed E-state index contributed by atoms with van der Waals surface area (Å²) in [6, 6.07) is 2.01. The van der Waals surface area contributed by atoms with Gasteiger partial charge < -0.3 is 43.4 Å². The van der Waals surface area contributed by atoms with Gasteiger partial charge in [-0.2, -0.15) is 20.2 Å². The first-order valence-corrected chi connectivity index (χ1v) is 20.5. The average Bonchev–Trinajstić information content (AvgIpc) is 4.02. The van der Waals surface area contributed by atoms with Gasteiger partial charge in [0, 0.05) is 26.1 Å². The molecule has 0 aliphatic carbocycles. The molecule has 0 bridgehead atoms. The van der Waals surface area contributed by atoms with Crippen molar-refractivity contribution in [3.63, 3.8) is 0 Å². The number of methoxy groups -OCH3 is 2. The van der Waals surface area contributed by atoms with Gasteiger partial charge in [0.05, 0.1) is 63.8 Å². The molecule has 340 valence electrons. The van der Waals surface area contributed by atoms with E-state index in [1.54, 1.807) is 51.0 Å². The molecule has 6 heterocycles. The lowest BCUT2D eigenvalue weighted by atomic mass is 10.1. The van der Waals surface area contributed by atoms with Crippen LogP contribution in [0.3, 0.4) is 0 Å². The van der Waals surface area contributed by atoms with Gasteiger partial charge in [-0.05, 0) is 12.8 Å². The maximum Gasteiger partial charge on any atom is 0.280 e. The standard InChI is InChI=1S/C21H30N6O6.C18H27N5O6/c1-5-13-15(28)16(31-10-9-30-4)20(33-13)27-11-23-14-17(27)24-21(25-18(29)12(2)3)26-19(14)32-8-6-7-22;1-5-10-12(24)13(28-7-6-27-4)17(29-10)23-8-19-11-14(23)20-18(22-16(11)26)21-15(25)9(2)3/h11-13,15-16,20,28H,5-6,8-10H2,1-4H3,(H,24,25,26,29);8-10,12-13,17,24H,5-7H2,1-4H3,(H2,20,21,22,25,26)/t13-,15?,16+,20-;10-,12?,13+,17-/m11/s1. The Balaban J connectivity index is 0.000000236. The number of hydrogen-bond donors (Lipinski definition) is 5. The number of carbonyl (C=O) groups excluding carboxylic acids is 2. The summed E-state index contributed by atoms with van der Waals surface area (Å²) in [6.45, 7) is 12.2. The first-order chi connectivity index (χ1) is 29.8. The molecule has 2 amide bonds. The van der Waals surface area contributed by atoms with E-state index in [9.17, 15) is 24.6 Å². The second-order valence-electron chi connectivity index (χ2n) is 15.0. The van der Waals surface area contributed by atoms with Crippen molar-refractivity contribution in [2.24, 2.45) is 11.8 Å². The number of aromatic nitrogens is 8. The third-order valence-corrected chi connectivity index (χ3v) is 9.97. The lowest BCUT2D eigenvalue weighted by molar-refractivity contribution is -0.119. The van der Waals surface area contributed by atoms with Gasteiger partial charge in [0.2, 0.25) is 29.6 Å². The number of H-pyrrole nitrogens is 1. The number of fused-ring (bicyclic) bond motifs is 2. The van der Waals surface area contributed by atoms with Crippen molar-refractivity contribution < 1.29 is 53.0 Å². The molecule has 4 aromatic heterocycles. The zero-order valence-electron chi connectivity index (χ0n) is 36.1. The summed E-state index contributed by atoms with van der Waals surface area (Å²) < 4.78 is 42.6. The molecule has 2 fully saturated rings. The molecule has 0 aromatic carbocycles. The SMILES string of the molecule is CC[C@H]1O[C@@H](n2cnc3c(=O)[nH]c(NC(=O)C(C)C)nc32)[C@@H](OCCOC)C1O.CC[C@H]1O[C@@H](n2cnc3c(OCCC#N)nc(NC(=O)C(C)C)nc32)[C@@H](OCCOC)C1O. The lowest BCUT2D eigenvalue weighted by Crippen LogP contribution is -2.35. The Morgan fingerprint density at radius 3 is 1.82 bits per heavy atom. The van der Waals surface area contributed by atoms with Crippen LogP contribution in [0.25, 0.3) is 22.3 Å². The normalized spacial score (nSPS) is 23.5. The first-order valence-electron chi connectivity index (χ1n) is 20.5. The zero-order chi connectivity index (χ0) is 45.1. The highest BCUT2D eigenvalue weighted by molar-refractivity contribution is 5.92. The second kappa shape index (κ2) is 22.2. The van der Waals surface area contributed by atoms with Crippen molar-refractivity contribution in [1.82, 2.24) is 39.0 Å². The number of hydrogen-bond acceptors (Lipinski definition) is 18. The summed E-state index contributed by atoms with van der Waals surface area (Å²) in [5.41, 5.74) is 0.507. The largest absolute Gasteiger partial charge is 0.475 e. The summed E-state index contributed by atoms with van der Waals surface area (Å²) >= 11 is 0. The Morgan fingerprint density at radius 1 is 0.806 bits per heavy atom. The fraction of sp³-hybridized carbons (Fsp3) is 0.667. The molecule has 8 atom stereocenters. The van der Waals surface area contributed by atoms with Crippen LogP contribution >= 0.6 is 0 Å². The van der Waals surface area contributed by atoms with Crippen molar-refractivity contribution in [1.29, 1.82) is 5.26 Å². The highest BCUT2D eigenvalue weighted by atomic mass is 16.6. The molecular weight excluding hydrogens is 814 g/mol. The van der Waals surface area contributed by atoms with E-state index < -0.39 is 54.6 Å². The van der Waals surface area contributed by atoms with Crippen LogP contribution in [0.4, 0.5) is 11.9 Å². The monoisotopic (exact) mass is 871 g/mol. The summed E-state index contributed by atoms with van der Waals surface area (Å²) in [4.78, 5) is 60.7. The summed E-state index contributed by atoms with van der Waals surface area (Å²) in [7, 11) is 3.13. The molecule has 0 saturated carbocycles. The maximum atomic E-state index is 12.4. The minimum absolute atomic E-state index is 0.0189. The Morgan fingerprint density at radius 2 is 1.32 bits per heavy atom. The van der Waals surface area contributed by atoms with E-state index in [4.69, 9.17) is 38.4 Å². The van der Waals surface area contributed by atoms with Crippen molar-refractivity contribution in [2.45, 2.75) is 110 Å². The van der Waals surface area contributed by atoms with E-state index >= 15 is 0 Å². The number of aromatic amines is 1. The molecule has 0 spiro atoms. The van der Waals surface area contributed by atoms with Crippen LogP contribution in [-0.2, 0) is 38.0 Å². The number of amides is 2. The molecule has 62 heavy (non-hydrogen) atoms. The van der Waals surface area contributed by atoms with Gasteiger partial charge in [0.1, 0.15) is 31.0 Å². The minimum Gasteiger partial charge on any atom is -0.475 e. The van der Waals surface area contributed by atoms with Gasteiger partial charge >= 0.3 is 0 Å². The molecule has 2 aliphatic heterocycles. The third-order valence-electron chi connectivity index (χ3n) is 9.97. The van der Waals surface area contributed by atoms with Gasteiger partial charge in [0.25, 0.3) is 5.56 Å². The predicted octanol–water partition coefficient (Wildman–Crippen LogP) is 1.83. The highest BCUT2D eigenvalue weighted by Crippen LogP contribution is 2.37. The smallest absolute Gasteiger partial charge is 0.280 e.